The summed E-state index contributed by atoms with van der Waals surface area (Å²) in [4.78, 5) is 0. The smallest absolute Gasteiger partial charge is 0.231 e. The maximum atomic E-state index is 5.42. The minimum absolute atomic E-state index is 0.269. The first kappa shape index (κ1) is 14.0. The fourth-order valence-corrected chi connectivity index (χ4v) is 1.96. The molecule has 0 bridgehead atoms. The van der Waals surface area contributed by atoms with Gasteiger partial charge in [0.15, 0.2) is 11.5 Å². The standard InChI is InChI=1S/C15H23NO3/c1-5-15(2,3)9-16-8-11-6-12(17-4)14-13(7-11)18-10-19-14/h6-7,16H,5,8-10H2,1-4H3. The molecule has 0 radical (unpaired) electrons. The summed E-state index contributed by atoms with van der Waals surface area (Å²) in [7, 11) is 1.65. The molecule has 1 aromatic rings. The first-order valence-electron chi connectivity index (χ1n) is 6.73. The molecule has 1 N–H and O–H groups in total. The molecule has 4 heteroatoms. The molecule has 0 fully saturated rings. The van der Waals surface area contributed by atoms with E-state index in [0.29, 0.717) is 11.2 Å². The molecule has 0 saturated heterocycles. The zero-order chi connectivity index (χ0) is 13.9. The lowest BCUT2D eigenvalue weighted by atomic mass is 9.90. The van der Waals surface area contributed by atoms with Gasteiger partial charge in [0.25, 0.3) is 0 Å². The van der Waals surface area contributed by atoms with Crippen LogP contribution in [0.1, 0.15) is 32.8 Å². The number of nitrogens with one attached hydrogen (secondary N) is 1. The van der Waals surface area contributed by atoms with Gasteiger partial charge in [0.1, 0.15) is 0 Å². The molecule has 0 unspecified atom stereocenters. The largest absolute Gasteiger partial charge is 0.493 e. The topological polar surface area (TPSA) is 39.7 Å². The van der Waals surface area contributed by atoms with Crippen molar-refractivity contribution in [3.63, 3.8) is 0 Å². The molecule has 106 valence electrons. The predicted octanol–water partition coefficient (Wildman–Crippen LogP) is 2.95. The van der Waals surface area contributed by atoms with Gasteiger partial charge in [0.05, 0.1) is 7.11 Å². The average Bonchev–Trinajstić information content (AvgIpc) is 2.85. The van der Waals surface area contributed by atoms with Gasteiger partial charge in [-0.05, 0) is 29.5 Å². The van der Waals surface area contributed by atoms with Crippen LogP contribution in [-0.4, -0.2) is 20.4 Å². The van der Waals surface area contributed by atoms with Crippen LogP contribution in [0, 0.1) is 5.41 Å². The van der Waals surface area contributed by atoms with E-state index < -0.39 is 0 Å². The molecular formula is C15H23NO3. The molecule has 1 aromatic carbocycles. The van der Waals surface area contributed by atoms with Crippen LogP contribution in [0.25, 0.3) is 0 Å². The summed E-state index contributed by atoms with van der Waals surface area (Å²) in [5.41, 5.74) is 1.47. The summed E-state index contributed by atoms with van der Waals surface area (Å²) >= 11 is 0. The zero-order valence-electron chi connectivity index (χ0n) is 12.2. The normalized spacial score (nSPS) is 13.7. The van der Waals surface area contributed by atoms with Crippen LogP contribution in [0.4, 0.5) is 0 Å². The predicted molar refractivity (Wildman–Crippen MR) is 74.9 cm³/mol. The molecule has 0 amide bonds. The van der Waals surface area contributed by atoms with E-state index in [1.54, 1.807) is 7.11 Å². The fraction of sp³-hybridized carbons (Fsp3) is 0.600. The summed E-state index contributed by atoms with van der Waals surface area (Å²) in [6, 6.07) is 4.01. The lowest BCUT2D eigenvalue weighted by Gasteiger charge is -2.23. The molecular weight excluding hydrogens is 242 g/mol. The highest BCUT2D eigenvalue weighted by Crippen LogP contribution is 2.41. The van der Waals surface area contributed by atoms with E-state index in [-0.39, 0.29) is 6.79 Å². The monoisotopic (exact) mass is 265 g/mol. The number of hydrogen-bond donors (Lipinski definition) is 1. The van der Waals surface area contributed by atoms with Gasteiger partial charge in [-0.3, -0.25) is 0 Å². The van der Waals surface area contributed by atoms with Crippen molar-refractivity contribution < 1.29 is 14.2 Å². The molecule has 0 spiro atoms. The van der Waals surface area contributed by atoms with Gasteiger partial charge >= 0.3 is 0 Å². The maximum absolute atomic E-state index is 5.42. The van der Waals surface area contributed by atoms with Crippen molar-refractivity contribution >= 4 is 0 Å². The van der Waals surface area contributed by atoms with Crippen LogP contribution < -0.4 is 19.5 Å². The van der Waals surface area contributed by atoms with Gasteiger partial charge in [-0.2, -0.15) is 0 Å². The van der Waals surface area contributed by atoms with E-state index in [1.165, 1.54) is 0 Å². The third kappa shape index (κ3) is 3.32. The Balaban J connectivity index is 2.02. The second kappa shape index (κ2) is 5.70. The number of hydrogen-bond acceptors (Lipinski definition) is 4. The van der Waals surface area contributed by atoms with Crippen LogP contribution in [0.3, 0.4) is 0 Å². The molecule has 1 heterocycles. The molecule has 0 aromatic heterocycles. The SMILES string of the molecule is CCC(C)(C)CNCc1cc(OC)c2c(c1)OCO2. The van der Waals surface area contributed by atoms with Crippen LogP contribution in [0.5, 0.6) is 17.2 Å². The van der Waals surface area contributed by atoms with Crippen LogP contribution in [-0.2, 0) is 6.54 Å². The zero-order valence-corrected chi connectivity index (χ0v) is 12.2. The molecule has 1 aliphatic rings. The van der Waals surface area contributed by atoms with E-state index in [9.17, 15) is 0 Å². The fourth-order valence-electron chi connectivity index (χ4n) is 1.96. The number of fused-ring (bicyclic) bond motifs is 1. The minimum atomic E-state index is 0.269. The second-order valence-corrected chi connectivity index (χ2v) is 5.65. The third-order valence-electron chi connectivity index (χ3n) is 3.61. The molecule has 4 nitrogen and oxygen atoms in total. The summed E-state index contributed by atoms with van der Waals surface area (Å²) in [5.74, 6) is 2.22. The first-order chi connectivity index (χ1) is 9.05. The van der Waals surface area contributed by atoms with Crippen molar-refractivity contribution in [2.75, 3.05) is 20.4 Å². The Morgan fingerprint density at radius 1 is 1.32 bits per heavy atom. The summed E-state index contributed by atoms with van der Waals surface area (Å²) in [5, 5.41) is 3.48. The van der Waals surface area contributed by atoms with E-state index in [2.05, 4.69) is 26.1 Å². The van der Waals surface area contributed by atoms with E-state index in [4.69, 9.17) is 14.2 Å². The van der Waals surface area contributed by atoms with Gasteiger partial charge < -0.3 is 19.5 Å². The third-order valence-corrected chi connectivity index (χ3v) is 3.61. The highest BCUT2D eigenvalue weighted by Gasteiger charge is 2.20. The Bertz CT molecular complexity index is 443. The van der Waals surface area contributed by atoms with Crippen LogP contribution in [0.15, 0.2) is 12.1 Å². The molecule has 0 saturated carbocycles. The van der Waals surface area contributed by atoms with Gasteiger partial charge in [-0.15, -0.1) is 0 Å². The molecule has 1 aliphatic heterocycles. The van der Waals surface area contributed by atoms with Crippen molar-refractivity contribution in [2.24, 2.45) is 5.41 Å². The van der Waals surface area contributed by atoms with Crippen molar-refractivity contribution in [1.82, 2.24) is 5.32 Å². The number of rotatable bonds is 6. The van der Waals surface area contributed by atoms with Crippen molar-refractivity contribution in [3.05, 3.63) is 17.7 Å². The molecule has 0 aliphatic carbocycles. The van der Waals surface area contributed by atoms with Crippen molar-refractivity contribution in [1.29, 1.82) is 0 Å². The number of methoxy groups -OCH3 is 1. The lowest BCUT2D eigenvalue weighted by Crippen LogP contribution is -2.28. The molecule has 2 rings (SSSR count). The Labute approximate surface area is 115 Å². The van der Waals surface area contributed by atoms with E-state index in [0.717, 1.165) is 36.6 Å². The van der Waals surface area contributed by atoms with E-state index in [1.807, 2.05) is 12.1 Å². The Morgan fingerprint density at radius 3 is 2.79 bits per heavy atom. The molecule has 0 atom stereocenters. The summed E-state index contributed by atoms with van der Waals surface area (Å²) in [6.07, 6.45) is 1.16. The highest BCUT2D eigenvalue weighted by molar-refractivity contribution is 5.55. The van der Waals surface area contributed by atoms with Crippen LogP contribution >= 0.6 is 0 Å². The maximum Gasteiger partial charge on any atom is 0.231 e. The number of ether oxygens (including phenoxy) is 3. The Kier molecular flexibility index (Phi) is 4.20. The van der Waals surface area contributed by atoms with Crippen molar-refractivity contribution in [2.45, 2.75) is 33.7 Å². The van der Waals surface area contributed by atoms with Crippen LogP contribution in [0.2, 0.25) is 0 Å². The highest BCUT2D eigenvalue weighted by atomic mass is 16.7. The van der Waals surface area contributed by atoms with Gasteiger partial charge in [0, 0.05) is 13.1 Å². The second-order valence-electron chi connectivity index (χ2n) is 5.65. The van der Waals surface area contributed by atoms with Crippen molar-refractivity contribution in [3.8, 4) is 17.2 Å². The van der Waals surface area contributed by atoms with Gasteiger partial charge in [0.2, 0.25) is 12.5 Å². The summed E-state index contributed by atoms with van der Waals surface area (Å²) < 4.78 is 16.1. The lowest BCUT2D eigenvalue weighted by molar-refractivity contribution is 0.171. The average molecular weight is 265 g/mol. The van der Waals surface area contributed by atoms with Gasteiger partial charge in [-0.1, -0.05) is 20.8 Å². The van der Waals surface area contributed by atoms with E-state index >= 15 is 0 Å². The quantitative estimate of drug-likeness (QED) is 0.858. The minimum Gasteiger partial charge on any atom is -0.493 e. The summed E-state index contributed by atoms with van der Waals surface area (Å²) in [6.45, 7) is 8.80. The molecule has 19 heavy (non-hydrogen) atoms. The first-order valence-corrected chi connectivity index (χ1v) is 6.73. The Hall–Kier alpha value is -1.42. The number of benzene rings is 1. The van der Waals surface area contributed by atoms with Gasteiger partial charge in [-0.25, -0.2) is 0 Å². The Morgan fingerprint density at radius 2 is 2.11 bits per heavy atom.